The molecule has 1 nitrogen and oxygen atoms in total. The monoisotopic (exact) mass is 204 g/mol. The van der Waals surface area contributed by atoms with E-state index in [1.165, 1.54) is 24.8 Å². The van der Waals surface area contributed by atoms with Crippen molar-refractivity contribution < 1.29 is 4.74 Å². The SMILES string of the molecule is CCCCCOC/C=C/c1ccccc1. The summed E-state index contributed by atoms with van der Waals surface area (Å²) in [6.45, 7) is 3.81. The van der Waals surface area contributed by atoms with Crippen molar-refractivity contribution in [3.05, 3.63) is 42.0 Å². The van der Waals surface area contributed by atoms with Crippen molar-refractivity contribution in [2.24, 2.45) is 0 Å². The maximum absolute atomic E-state index is 5.47. The van der Waals surface area contributed by atoms with Gasteiger partial charge in [0.05, 0.1) is 6.61 Å². The number of rotatable bonds is 7. The van der Waals surface area contributed by atoms with Crippen molar-refractivity contribution in [2.45, 2.75) is 26.2 Å². The lowest BCUT2D eigenvalue weighted by Crippen LogP contribution is -1.93. The smallest absolute Gasteiger partial charge is 0.0650 e. The first-order chi connectivity index (χ1) is 7.43. The predicted octanol–water partition coefficient (Wildman–Crippen LogP) is 3.91. The molecule has 0 fully saturated rings. The van der Waals surface area contributed by atoms with Gasteiger partial charge in [-0.05, 0) is 12.0 Å². The van der Waals surface area contributed by atoms with Crippen molar-refractivity contribution >= 4 is 6.08 Å². The quantitative estimate of drug-likeness (QED) is 0.612. The fourth-order valence-electron chi connectivity index (χ4n) is 1.35. The van der Waals surface area contributed by atoms with E-state index < -0.39 is 0 Å². The van der Waals surface area contributed by atoms with Crippen LogP contribution in [0.4, 0.5) is 0 Å². The van der Waals surface area contributed by atoms with Gasteiger partial charge in [-0.15, -0.1) is 0 Å². The van der Waals surface area contributed by atoms with Crippen LogP contribution in [0.25, 0.3) is 6.08 Å². The Morgan fingerprint density at radius 3 is 2.67 bits per heavy atom. The summed E-state index contributed by atoms with van der Waals surface area (Å²) < 4.78 is 5.47. The van der Waals surface area contributed by atoms with Crippen molar-refractivity contribution in [2.75, 3.05) is 13.2 Å². The van der Waals surface area contributed by atoms with E-state index in [1.54, 1.807) is 0 Å². The largest absolute Gasteiger partial charge is 0.377 e. The van der Waals surface area contributed by atoms with E-state index in [4.69, 9.17) is 4.74 Å². The average Bonchev–Trinajstić information content (AvgIpc) is 2.29. The molecule has 1 aromatic carbocycles. The first-order valence-electron chi connectivity index (χ1n) is 5.73. The molecule has 0 saturated carbocycles. The third-order valence-electron chi connectivity index (χ3n) is 2.22. The minimum absolute atomic E-state index is 0.721. The van der Waals surface area contributed by atoms with Gasteiger partial charge in [-0.3, -0.25) is 0 Å². The highest BCUT2D eigenvalue weighted by molar-refractivity contribution is 5.48. The van der Waals surface area contributed by atoms with Crippen LogP contribution in [0.1, 0.15) is 31.7 Å². The van der Waals surface area contributed by atoms with Crippen molar-refractivity contribution in [3.8, 4) is 0 Å². The Hall–Kier alpha value is -1.08. The van der Waals surface area contributed by atoms with E-state index in [0.29, 0.717) is 0 Å². The summed E-state index contributed by atoms with van der Waals surface area (Å²) in [7, 11) is 0. The Morgan fingerprint density at radius 1 is 1.13 bits per heavy atom. The Balaban J connectivity index is 2.07. The van der Waals surface area contributed by atoms with E-state index in [-0.39, 0.29) is 0 Å². The summed E-state index contributed by atoms with van der Waals surface area (Å²) >= 11 is 0. The van der Waals surface area contributed by atoms with Crippen LogP contribution in [0.5, 0.6) is 0 Å². The molecule has 0 aromatic heterocycles. The van der Waals surface area contributed by atoms with Crippen LogP contribution in [0, 0.1) is 0 Å². The molecule has 0 saturated heterocycles. The third kappa shape index (κ3) is 6.08. The topological polar surface area (TPSA) is 9.23 Å². The minimum Gasteiger partial charge on any atom is -0.377 e. The molecule has 0 spiro atoms. The van der Waals surface area contributed by atoms with Crippen LogP contribution in [0.2, 0.25) is 0 Å². The molecule has 82 valence electrons. The first-order valence-corrected chi connectivity index (χ1v) is 5.73. The van der Waals surface area contributed by atoms with Crippen LogP contribution < -0.4 is 0 Å². The summed E-state index contributed by atoms with van der Waals surface area (Å²) in [5.74, 6) is 0. The molecular weight excluding hydrogens is 184 g/mol. The van der Waals surface area contributed by atoms with Gasteiger partial charge in [-0.2, -0.15) is 0 Å². The molecule has 0 aliphatic heterocycles. The second kappa shape index (κ2) is 8.25. The molecular formula is C14H20O. The fourth-order valence-corrected chi connectivity index (χ4v) is 1.35. The molecule has 0 heterocycles. The summed E-state index contributed by atoms with van der Waals surface area (Å²) in [6.07, 6.45) is 7.86. The number of hydrogen-bond donors (Lipinski definition) is 0. The Morgan fingerprint density at radius 2 is 1.93 bits per heavy atom. The predicted molar refractivity (Wildman–Crippen MR) is 65.8 cm³/mol. The summed E-state index contributed by atoms with van der Waals surface area (Å²) in [6, 6.07) is 10.3. The molecule has 1 heteroatoms. The van der Waals surface area contributed by atoms with Gasteiger partial charge in [0, 0.05) is 6.61 Å². The average molecular weight is 204 g/mol. The van der Waals surface area contributed by atoms with Crippen molar-refractivity contribution in [1.82, 2.24) is 0 Å². The Kier molecular flexibility index (Phi) is 6.59. The summed E-state index contributed by atoms with van der Waals surface area (Å²) in [5.41, 5.74) is 1.23. The number of unbranched alkanes of at least 4 members (excludes halogenated alkanes) is 2. The lowest BCUT2D eigenvalue weighted by Gasteiger charge is -1.99. The molecule has 0 unspecified atom stereocenters. The molecule has 0 N–H and O–H groups in total. The molecule has 1 rings (SSSR count). The molecule has 0 bridgehead atoms. The second-order valence-electron chi connectivity index (χ2n) is 3.60. The molecule has 0 aliphatic carbocycles. The van der Waals surface area contributed by atoms with Gasteiger partial charge in [-0.25, -0.2) is 0 Å². The standard InChI is InChI=1S/C14H20O/c1-2-3-7-12-15-13-8-11-14-9-5-4-6-10-14/h4-6,8-11H,2-3,7,12-13H2,1H3/b11-8+. The van der Waals surface area contributed by atoms with Crippen LogP contribution in [-0.2, 0) is 4.74 Å². The molecule has 0 aliphatic rings. The maximum Gasteiger partial charge on any atom is 0.0650 e. The lowest BCUT2D eigenvalue weighted by atomic mass is 10.2. The van der Waals surface area contributed by atoms with Crippen LogP contribution in [0.3, 0.4) is 0 Å². The zero-order valence-corrected chi connectivity index (χ0v) is 9.49. The lowest BCUT2D eigenvalue weighted by molar-refractivity contribution is 0.158. The van der Waals surface area contributed by atoms with Gasteiger partial charge in [0.25, 0.3) is 0 Å². The Bertz CT molecular complexity index is 264. The van der Waals surface area contributed by atoms with Crippen LogP contribution in [-0.4, -0.2) is 13.2 Å². The number of benzene rings is 1. The Labute approximate surface area is 92.8 Å². The molecule has 1 aromatic rings. The summed E-state index contributed by atoms with van der Waals surface area (Å²) in [4.78, 5) is 0. The van der Waals surface area contributed by atoms with Crippen LogP contribution in [0.15, 0.2) is 36.4 Å². The first kappa shape index (κ1) is 12.0. The zero-order valence-electron chi connectivity index (χ0n) is 9.49. The maximum atomic E-state index is 5.47. The minimum atomic E-state index is 0.721. The highest BCUT2D eigenvalue weighted by atomic mass is 16.5. The molecule has 0 atom stereocenters. The van der Waals surface area contributed by atoms with Gasteiger partial charge in [-0.1, -0.05) is 62.2 Å². The third-order valence-corrected chi connectivity index (χ3v) is 2.22. The van der Waals surface area contributed by atoms with Gasteiger partial charge in [0.2, 0.25) is 0 Å². The molecule has 15 heavy (non-hydrogen) atoms. The van der Waals surface area contributed by atoms with E-state index in [1.807, 2.05) is 18.2 Å². The van der Waals surface area contributed by atoms with E-state index in [0.717, 1.165) is 13.2 Å². The molecule has 0 radical (unpaired) electrons. The van der Waals surface area contributed by atoms with Gasteiger partial charge >= 0.3 is 0 Å². The second-order valence-corrected chi connectivity index (χ2v) is 3.60. The van der Waals surface area contributed by atoms with Gasteiger partial charge < -0.3 is 4.74 Å². The normalized spacial score (nSPS) is 11.0. The van der Waals surface area contributed by atoms with E-state index in [2.05, 4.69) is 31.2 Å². The number of ether oxygens (including phenoxy) is 1. The van der Waals surface area contributed by atoms with Gasteiger partial charge in [0.15, 0.2) is 0 Å². The highest BCUT2D eigenvalue weighted by Crippen LogP contribution is 2.00. The van der Waals surface area contributed by atoms with E-state index in [9.17, 15) is 0 Å². The molecule has 0 amide bonds. The van der Waals surface area contributed by atoms with Crippen LogP contribution >= 0.6 is 0 Å². The fraction of sp³-hybridized carbons (Fsp3) is 0.429. The zero-order chi connectivity index (χ0) is 10.8. The number of hydrogen-bond acceptors (Lipinski definition) is 1. The van der Waals surface area contributed by atoms with E-state index >= 15 is 0 Å². The van der Waals surface area contributed by atoms with Gasteiger partial charge in [0.1, 0.15) is 0 Å². The highest BCUT2D eigenvalue weighted by Gasteiger charge is 1.86. The summed E-state index contributed by atoms with van der Waals surface area (Å²) in [5, 5.41) is 0. The van der Waals surface area contributed by atoms with Crippen molar-refractivity contribution in [3.63, 3.8) is 0 Å². The van der Waals surface area contributed by atoms with Crippen molar-refractivity contribution in [1.29, 1.82) is 0 Å².